The van der Waals surface area contributed by atoms with Crippen molar-refractivity contribution in [3.05, 3.63) is 169 Å². The van der Waals surface area contributed by atoms with Crippen LogP contribution in [0.5, 0.6) is 0 Å². The predicted octanol–water partition coefficient (Wildman–Crippen LogP) is 8.84. The monoisotopic (exact) mass is 566 g/mol. The molecule has 0 radical (unpaired) electrons. The Balaban J connectivity index is 0.000000351. The summed E-state index contributed by atoms with van der Waals surface area (Å²) in [4.78, 5) is 4.47. The summed E-state index contributed by atoms with van der Waals surface area (Å²) in [5, 5.41) is 0. The van der Waals surface area contributed by atoms with Gasteiger partial charge in [0.2, 0.25) is 0 Å². The van der Waals surface area contributed by atoms with Gasteiger partial charge in [-0.25, -0.2) is 24.3 Å². The topological polar surface area (TPSA) is 12.4 Å². The van der Waals surface area contributed by atoms with E-state index >= 15 is 0 Å². The molecule has 1 nitrogen and oxygen atoms in total. The Hall–Kier alpha value is -2.79. The third-order valence-corrected chi connectivity index (χ3v) is 4.29. The van der Waals surface area contributed by atoms with Gasteiger partial charge in [0, 0.05) is 46.2 Å². The van der Waals surface area contributed by atoms with Gasteiger partial charge >= 0.3 is 0 Å². The third-order valence-electron chi connectivity index (χ3n) is 4.29. The molecule has 0 bridgehead atoms. The van der Waals surface area contributed by atoms with Crippen LogP contribution in [-0.2, 0) is 26.2 Å². The van der Waals surface area contributed by atoms with Crippen molar-refractivity contribution < 1.29 is 26.2 Å². The molecule has 0 fully saturated rings. The molecule has 36 heavy (non-hydrogen) atoms. The maximum Gasteiger partial charge on any atom is 0.0461 e. The van der Waals surface area contributed by atoms with Crippen molar-refractivity contribution in [3.8, 4) is 0 Å². The van der Waals surface area contributed by atoms with Gasteiger partial charge in [-0.05, 0) is 13.6 Å². The van der Waals surface area contributed by atoms with E-state index in [1.54, 1.807) is 0 Å². The second kappa shape index (κ2) is 20.4. The van der Waals surface area contributed by atoms with Gasteiger partial charge in [0.1, 0.15) is 0 Å². The number of aliphatic imine (C=N–C) groups is 1. The van der Waals surface area contributed by atoms with Crippen LogP contribution < -0.4 is 0 Å². The van der Waals surface area contributed by atoms with Crippen LogP contribution in [0.15, 0.2) is 157 Å². The molecule has 0 heterocycles. The van der Waals surface area contributed by atoms with Crippen molar-refractivity contribution in [1.82, 2.24) is 0 Å². The van der Waals surface area contributed by atoms with Crippen LogP contribution in [0.25, 0.3) is 0 Å². The fourth-order valence-corrected chi connectivity index (χ4v) is 2.77. The molecular weight excluding hydrogens is 533 g/mol. The zero-order valence-corrected chi connectivity index (χ0v) is 24.8. The van der Waals surface area contributed by atoms with Gasteiger partial charge in [0.25, 0.3) is 0 Å². The largest absolute Gasteiger partial charge is 0.360 e. The Morgan fingerprint density at radius 3 is 1.19 bits per heavy atom. The van der Waals surface area contributed by atoms with Gasteiger partial charge in [0.05, 0.1) is 0 Å². The minimum Gasteiger partial charge on any atom is -0.360 e. The molecule has 184 valence electrons. The van der Waals surface area contributed by atoms with Gasteiger partial charge in [-0.15, -0.1) is 24.3 Å². The fraction of sp³-hybridized carbons (Fsp3) is 0.0909. The van der Waals surface area contributed by atoms with E-state index in [0.29, 0.717) is 0 Å². The van der Waals surface area contributed by atoms with Crippen molar-refractivity contribution in [2.75, 3.05) is 20.0 Å². The molecule has 0 saturated heterocycles. The average Bonchev–Trinajstić information content (AvgIpc) is 3.66. The van der Waals surface area contributed by atoms with Crippen LogP contribution >= 0.6 is 7.92 Å². The molecule has 0 atom stereocenters. The summed E-state index contributed by atoms with van der Waals surface area (Å²) in [5.74, 6) is 1.00. The molecule has 0 aliphatic carbocycles. The fourth-order valence-electron chi connectivity index (χ4n) is 2.77. The van der Waals surface area contributed by atoms with Crippen molar-refractivity contribution in [1.29, 1.82) is 0 Å². The van der Waals surface area contributed by atoms with E-state index in [4.69, 9.17) is 0 Å². The molecule has 0 aliphatic rings. The van der Waals surface area contributed by atoms with Gasteiger partial charge in [0.15, 0.2) is 0 Å². The van der Waals surface area contributed by atoms with Crippen LogP contribution in [0.4, 0.5) is 5.69 Å². The number of para-hydroxylation sites is 1. The number of hydrogen-bond acceptors (Lipinski definition) is 1. The second-order valence-corrected chi connectivity index (χ2v) is 11.1. The Bertz CT molecular complexity index is 1000. The quantitative estimate of drug-likeness (QED) is 0.117. The first-order valence-corrected chi connectivity index (χ1v) is 14.8. The number of rotatable bonds is 4. The van der Waals surface area contributed by atoms with E-state index in [0.717, 1.165) is 22.7 Å². The number of nitrogens with zero attached hydrogens (tertiary/aromatic N) is 1. The molecule has 3 heteroatoms. The van der Waals surface area contributed by atoms with Gasteiger partial charge in [-0.2, -0.15) is 77.7 Å². The summed E-state index contributed by atoms with van der Waals surface area (Å²) in [6, 6.07) is 50.4. The number of hydrogen-bond donors (Lipinski definition) is 0. The van der Waals surface area contributed by atoms with Crippen LogP contribution in [0.2, 0.25) is 0 Å². The van der Waals surface area contributed by atoms with Crippen molar-refractivity contribution >= 4 is 19.8 Å². The summed E-state index contributed by atoms with van der Waals surface area (Å²) in [6.07, 6.45) is 3.21. The number of benzene rings is 3. The summed E-state index contributed by atoms with van der Waals surface area (Å²) in [5.41, 5.74) is 3.13. The van der Waals surface area contributed by atoms with Crippen molar-refractivity contribution in [3.63, 3.8) is 0 Å². The Labute approximate surface area is 238 Å². The zero-order chi connectivity index (χ0) is 25.0. The summed E-state index contributed by atoms with van der Waals surface area (Å²) >= 11 is 0. The Kier molecular flexibility index (Phi) is 17.7. The zero-order valence-electron chi connectivity index (χ0n) is 21.4. The van der Waals surface area contributed by atoms with E-state index in [1.165, 1.54) is 0 Å². The minimum atomic E-state index is 0. The van der Waals surface area contributed by atoms with E-state index in [9.17, 15) is 0 Å². The molecule has 5 rings (SSSR count). The first-order chi connectivity index (χ1) is 17.2. The Morgan fingerprint density at radius 1 is 0.556 bits per heavy atom. The van der Waals surface area contributed by atoms with E-state index < -0.39 is 0 Å². The standard InChI is InChI=1S/C20H15N.2C5H5.C3H9P.Zr/c1-4-10-17(11-5-1)20(18-12-6-2-7-13-18)16-21-19-14-8-3-9-15-19;2*1-2-4-5-3-1;1-4(2)3;/h1-15H;2*1-5H;1-3H3;/q-2;2*-1;;/p+1. The molecular formula is C33H35NPZr-3. The van der Waals surface area contributed by atoms with E-state index in [2.05, 4.69) is 55.5 Å². The van der Waals surface area contributed by atoms with E-state index in [1.807, 2.05) is 127 Å². The van der Waals surface area contributed by atoms with Crippen LogP contribution in [-0.4, -0.2) is 26.2 Å². The molecule has 0 amide bonds. The van der Waals surface area contributed by atoms with Crippen molar-refractivity contribution in [2.45, 2.75) is 0 Å². The van der Waals surface area contributed by atoms with E-state index in [-0.39, 0.29) is 34.1 Å². The first kappa shape index (κ1) is 31.2. The van der Waals surface area contributed by atoms with Crippen LogP contribution in [0.1, 0.15) is 11.1 Å². The maximum atomic E-state index is 4.47. The van der Waals surface area contributed by atoms with Crippen LogP contribution in [0.3, 0.4) is 0 Å². The Morgan fingerprint density at radius 2 is 0.889 bits per heavy atom. The molecule has 5 aromatic carbocycles. The average molecular weight is 568 g/mol. The van der Waals surface area contributed by atoms with Gasteiger partial charge < -0.3 is 4.99 Å². The predicted molar refractivity (Wildman–Crippen MR) is 158 cm³/mol. The smallest absolute Gasteiger partial charge is 0.0461 e. The normalized spacial score (nSPS) is 9.44. The summed E-state index contributed by atoms with van der Waals surface area (Å²) < 4.78 is 0. The minimum absolute atomic E-state index is 0. The van der Waals surface area contributed by atoms with Crippen LogP contribution in [0, 0.1) is 5.92 Å². The second-order valence-electron chi connectivity index (χ2n) is 8.09. The first-order valence-electron chi connectivity index (χ1n) is 11.8. The SMILES string of the molecule is C[PH+](C)C.[C-](=Nc1ccccc1)[C-](c1ccccc1)c1ccccc1.[Zr].c1cc[cH-]c1.c1cc[cH-]c1. The van der Waals surface area contributed by atoms with Crippen molar-refractivity contribution in [2.24, 2.45) is 4.99 Å². The third kappa shape index (κ3) is 14.6. The maximum absolute atomic E-state index is 4.47. The molecule has 0 spiro atoms. The molecule has 0 aromatic heterocycles. The summed E-state index contributed by atoms with van der Waals surface area (Å²) in [6.45, 7) is 6.81. The molecule has 0 saturated carbocycles. The van der Waals surface area contributed by atoms with Gasteiger partial charge in [-0.1, -0.05) is 48.7 Å². The van der Waals surface area contributed by atoms with Gasteiger partial charge in [-0.3, -0.25) is 0 Å². The summed E-state index contributed by atoms with van der Waals surface area (Å²) in [7, 11) is 0.120. The molecule has 0 aliphatic heterocycles. The molecule has 5 aromatic rings. The molecule has 0 unspecified atom stereocenters. The molecule has 0 N–H and O–H groups in total.